The van der Waals surface area contributed by atoms with Crippen LogP contribution in [0.5, 0.6) is 0 Å². The summed E-state index contributed by atoms with van der Waals surface area (Å²) in [6.45, 7) is 4.39. The van der Waals surface area contributed by atoms with Crippen molar-refractivity contribution in [3.8, 4) is 0 Å². The summed E-state index contributed by atoms with van der Waals surface area (Å²) in [6.07, 6.45) is 0.509. The van der Waals surface area contributed by atoms with Gasteiger partial charge in [0, 0.05) is 10.1 Å². The van der Waals surface area contributed by atoms with Gasteiger partial charge < -0.3 is 10.1 Å². The van der Waals surface area contributed by atoms with Gasteiger partial charge in [0.25, 0.3) is 0 Å². The van der Waals surface area contributed by atoms with E-state index in [1.807, 2.05) is 44.2 Å². The van der Waals surface area contributed by atoms with Crippen LogP contribution in [0.1, 0.15) is 25.0 Å². The molecular formula is C19H22INO2. The predicted molar refractivity (Wildman–Crippen MR) is 101 cm³/mol. The number of benzene rings is 2. The van der Waals surface area contributed by atoms with Crippen molar-refractivity contribution in [1.82, 2.24) is 5.32 Å². The molecule has 0 saturated heterocycles. The molecule has 0 radical (unpaired) electrons. The zero-order valence-electron chi connectivity index (χ0n) is 13.5. The summed E-state index contributed by atoms with van der Waals surface area (Å²) in [5.74, 6) is -0.200. The third-order valence-electron chi connectivity index (χ3n) is 3.38. The zero-order valence-corrected chi connectivity index (χ0v) is 15.6. The molecule has 0 amide bonds. The first kappa shape index (κ1) is 17.9. The van der Waals surface area contributed by atoms with E-state index in [2.05, 4.69) is 52.2 Å². The summed E-state index contributed by atoms with van der Waals surface area (Å²) in [7, 11) is 0. The molecule has 0 saturated carbocycles. The van der Waals surface area contributed by atoms with Crippen LogP contribution in [0.4, 0.5) is 0 Å². The van der Waals surface area contributed by atoms with Gasteiger partial charge in [0.2, 0.25) is 0 Å². The van der Waals surface area contributed by atoms with Crippen LogP contribution in [-0.4, -0.2) is 18.1 Å². The fourth-order valence-corrected chi connectivity index (χ4v) is 2.61. The Kier molecular flexibility index (Phi) is 7.05. The van der Waals surface area contributed by atoms with Gasteiger partial charge in [0.1, 0.15) is 6.04 Å². The van der Waals surface area contributed by atoms with E-state index in [9.17, 15) is 4.79 Å². The largest absolute Gasteiger partial charge is 0.462 e. The second-order valence-electron chi connectivity index (χ2n) is 5.74. The van der Waals surface area contributed by atoms with Crippen molar-refractivity contribution in [2.45, 2.75) is 39.0 Å². The summed E-state index contributed by atoms with van der Waals surface area (Å²) in [5, 5.41) is 3.33. The molecule has 23 heavy (non-hydrogen) atoms. The Morgan fingerprint density at radius 3 is 2.30 bits per heavy atom. The van der Waals surface area contributed by atoms with Crippen LogP contribution in [-0.2, 0) is 22.5 Å². The lowest BCUT2D eigenvalue weighted by molar-refractivity contribution is -0.150. The van der Waals surface area contributed by atoms with Crippen molar-refractivity contribution >= 4 is 28.6 Å². The van der Waals surface area contributed by atoms with Gasteiger partial charge in [-0.05, 0) is 66.1 Å². The number of ether oxygens (including phenoxy) is 1. The van der Waals surface area contributed by atoms with E-state index in [-0.39, 0.29) is 18.1 Å². The molecule has 0 heterocycles. The van der Waals surface area contributed by atoms with E-state index in [1.165, 1.54) is 3.57 Å². The topological polar surface area (TPSA) is 38.3 Å². The highest BCUT2D eigenvalue weighted by molar-refractivity contribution is 14.1. The predicted octanol–water partition coefficient (Wildman–Crippen LogP) is 3.94. The summed E-state index contributed by atoms with van der Waals surface area (Å²) >= 11 is 2.28. The Bertz CT molecular complexity index is 611. The van der Waals surface area contributed by atoms with Crippen molar-refractivity contribution in [3.05, 3.63) is 69.3 Å². The van der Waals surface area contributed by atoms with E-state index in [1.54, 1.807) is 0 Å². The SMILES string of the molecule is CC(C)OC(=O)[C@H](Cc1ccc(I)cc1)NCc1ccccc1. The Morgan fingerprint density at radius 1 is 1.04 bits per heavy atom. The fourth-order valence-electron chi connectivity index (χ4n) is 2.25. The number of rotatable bonds is 7. The molecule has 0 aliphatic carbocycles. The van der Waals surface area contributed by atoms with Crippen LogP contribution in [0, 0.1) is 3.57 Å². The molecule has 1 N–H and O–H groups in total. The van der Waals surface area contributed by atoms with E-state index in [0.717, 1.165) is 11.1 Å². The lowest BCUT2D eigenvalue weighted by Gasteiger charge is -2.19. The van der Waals surface area contributed by atoms with Gasteiger partial charge >= 0.3 is 5.97 Å². The Balaban J connectivity index is 2.04. The van der Waals surface area contributed by atoms with Gasteiger partial charge in [-0.15, -0.1) is 0 Å². The minimum atomic E-state index is -0.349. The van der Waals surface area contributed by atoms with E-state index < -0.39 is 0 Å². The number of nitrogens with one attached hydrogen (secondary N) is 1. The molecule has 122 valence electrons. The van der Waals surface area contributed by atoms with Crippen molar-refractivity contribution in [3.63, 3.8) is 0 Å². The number of carbonyl (C=O) groups is 1. The van der Waals surface area contributed by atoms with Gasteiger partial charge in [-0.25, -0.2) is 0 Å². The molecule has 0 aliphatic heterocycles. The number of hydrogen-bond acceptors (Lipinski definition) is 3. The minimum Gasteiger partial charge on any atom is -0.462 e. The number of halogens is 1. The quantitative estimate of drug-likeness (QED) is 0.542. The maximum Gasteiger partial charge on any atom is 0.323 e. The summed E-state index contributed by atoms with van der Waals surface area (Å²) < 4.78 is 6.58. The molecular weight excluding hydrogens is 401 g/mol. The average molecular weight is 423 g/mol. The minimum absolute atomic E-state index is 0.111. The normalized spacial score (nSPS) is 12.2. The molecule has 0 unspecified atom stereocenters. The smallest absolute Gasteiger partial charge is 0.323 e. The van der Waals surface area contributed by atoms with Gasteiger partial charge in [-0.1, -0.05) is 42.5 Å². The number of hydrogen-bond donors (Lipinski definition) is 1. The van der Waals surface area contributed by atoms with E-state index in [0.29, 0.717) is 13.0 Å². The average Bonchev–Trinajstić information content (AvgIpc) is 2.53. The third-order valence-corrected chi connectivity index (χ3v) is 4.10. The van der Waals surface area contributed by atoms with Crippen LogP contribution in [0.25, 0.3) is 0 Å². The fraction of sp³-hybridized carbons (Fsp3) is 0.316. The number of carbonyl (C=O) groups excluding carboxylic acids is 1. The monoisotopic (exact) mass is 423 g/mol. The summed E-state index contributed by atoms with van der Waals surface area (Å²) in [4.78, 5) is 12.4. The Labute approximate surface area is 151 Å². The molecule has 4 heteroatoms. The van der Waals surface area contributed by atoms with Crippen LogP contribution in [0.2, 0.25) is 0 Å². The zero-order chi connectivity index (χ0) is 16.7. The van der Waals surface area contributed by atoms with Crippen LogP contribution < -0.4 is 5.32 Å². The molecule has 0 bridgehead atoms. The molecule has 3 nitrogen and oxygen atoms in total. The van der Waals surface area contributed by atoms with Gasteiger partial charge in [-0.3, -0.25) is 4.79 Å². The molecule has 0 aromatic heterocycles. The first-order valence-electron chi connectivity index (χ1n) is 7.77. The standard InChI is InChI=1S/C19H22INO2/c1-14(2)23-19(22)18(12-15-8-10-17(20)11-9-15)21-13-16-6-4-3-5-7-16/h3-11,14,18,21H,12-13H2,1-2H3/t18-/m0/s1. The molecule has 1 atom stereocenters. The maximum atomic E-state index is 12.4. The second-order valence-corrected chi connectivity index (χ2v) is 6.98. The first-order chi connectivity index (χ1) is 11.0. The molecule has 2 rings (SSSR count). The lowest BCUT2D eigenvalue weighted by atomic mass is 10.1. The van der Waals surface area contributed by atoms with Crippen LogP contribution >= 0.6 is 22.6 Å². The first-order valence-corrected chi connectivity index (χ1v) is 8.84. The molecule has 2 aromatic rings. The van der Waals surface area contributed by atoms with Gasteiger partial charge in [0.15, 0.2) is 0 Å². The van der Waals surface area contributed by atoms with E-state index >= 15 is 0 Å². The molecule has 2 aromatic carbocycles. The van der Waals surface area contributed by atoms with Crippen LogP contribution in [0.3, 0.4) is 0 Å². The van der Waals surface area contributed by atoms with Crippen molar-refractivity contribution in [2.75, 3.05) is 0 Å². The Hall–Kier alpha value is -1.40. The summed E-state index contributed by atoms with van der Waals surface area (Å²) in [6, 6.07) is 17.9. The van der Waals surface area contributed by atoms with Gasteiger partial charge in [0.05, 0.1) is 6.10 Å². The van der Waals surface area contributed by atoms with Gasteiger partial charge in [-0.2, -0.15) is 0 Å². The third kappa shape index (κ3) is 6.31. The molecule has 0 fully saturated rings. The molecule has 0 aliphatic rings. The highest BCUT2D eigenvalue weighted by Gasteiger charge is 2.21. The Morgan fingerprint density at radius 2 is 1.70 bits per heavy atom. The summed E-state index contributed by atoms with van der Waals surface area (Å²) in [5.41, 5.74) is 2.27. The van der Waals surface area contributed by atoms with E-state index in [4.69, 9.17) is 4.74 Å². The van der Waals surface area contributed by atoms with Crippen molar-refractivity contribution in [2.24, 2.45) is 0 Å². The van der Waals surface area contributed by atoms with Crippen molar-refractivity contribution < 1.29 is 9.53 Å². The lowest BCUT2D eigenvalue weighted by Crippen LogP contribution is -2.40. The maximum absolute atomic E-state index is 12.4. The second kappa shape index (κ2) is 9.03. The van der Waals surface area contributed by atoms with Crippen LogP contribution in [0.15, 0.2) is 54.6 Å². The molecule has 0 spiro atoms. The number of esters is 1. The van der Waals surface area contributed by atoms with Crippen molar-refractivity contribution in [1.29, 1.82) is 0 Å². The highest BCUT2D eigenvalue weighted by Crippen LogP contribution is 2.11. The highest BCUT2D eigenvalue weighted by atomic mass is 127.